The lowest BCUT2D eigenvalue weighted by molar-refractivity contribution is -0.175. The molecule has 28 heavy (non-hydrogen) atoms. The Morgan fingerprint density at radius 2 is 1.39 bits per heavy atom. The summed E-state index contributed by atoms with van der Waals surface area (Å²) in [6.45, 7) is 2.16. The van der Waals surface area contributed by atoms with Crippen LogP contribution in [0, 0.1) is 23.7 Å². The molecule has 0 heterocycles. The highest BCUT2D eigenvalue weighted by atomic mass is 19.4. The minimum atomic E-state index is -4.05. The lowest BCUT2D eigenvalue weighted by atomic mass is 9.71. The first kappa shape index (κ1) is 23.8. The highest BCUT2D eigenvalue weighted by Gasteiger charge is 2.38. The van der Waals surface area contributed by atoms with Gasteiger partial charge in [-0.25, -0.2) is 0 Å². The number of hydrogen-bond donors (Lipinski definition) is 0. The number of alkyl halides is 3. The van der Waals surface area contributed by atoms with Gasteiger partial charge in [-0.1, -0.05) is 89.7 Å². The first-order chi connectivity index (χ1) is 13.5. The van der Waals surface area contributed by atoms with Crippen molar-refractivity contribution in [3.8, 4) is 0 Å². The fourth-order valence-electron chi connectivity index (χ4n) is 5.44. The highest BCUT2D eigenvalue weighted by molar-refractivity contribution is 4.94. The van der Waals surface area contributed by atoms with E-state index in [1.807, 2.05) is 6.08 Å². The van der Waals surface area contributed by atoms with E-state index in [1.165, 1.54) is 70.6 Å². The minimum absolute atomic E-state index is 0.182. The van der Waals surface area contributed by atoms with Gasteiger partial charge in [0.2, 0.25) is 0 Å². The first-order valence-corrected chi connectivity index (χ1v) is 12.2. The second-order valence-corrected chi connectivity index (χ2v) is 9.53. The van der Waals surface area contributed by atoms with Crippen molar-refractivity contribution in [1.29, 1.82) is 0 Å². The standard InChI is InChI=1S/C25H43F3/c1-2-3-4-5-6-10-15-24(25(26,27)28)16-11-12-21-17-19-23(20-18-21)22-13-8-7-9-14-22/h11-12,21-24H,2-10,13-20H2,1H3. The molecule has 1 unspecified atom stereocenters. The largest absolute Gasteiger partial charge is 0.392 e. The van der Waals surface area contributed by atoms with Gasteiger partial charge < -0.3 is 0 Å². The molecule has 164 valence electrons. The van der Waals surface area contributed by atoms with Crippen LogP contribution in [0.3, 0.4) is 0 Å². The summed E-state index contributed by atoms with van der Waals surface area (Å²) >= 11 is 0. The van der Waals surface area contributed by atoms with Crippen LogP contribution in [0.25, 0.3) is 0 Å². The van der Waals surface area contributed by atoms with Crippen LogP contribution in [0.15, 0.2) is 12.2 Å². The summed E-state index contributed by atoms with van der Waals surface area (Å²) in [6.07, 6.45) is 18.7. The van der Waals surface area contributed by atoms with Crippen LogP contribution in [0.1, 0.15) is 116 Å². The van der Waals surface area contributed by atoms with Crippen molar-refractivity contribution in [2.75, 3.05) is 0 Å². The average Bonchev–Trinajstić information content (AvgIpc) is 2.69. The second kappa shape index (κ2) is 13.0. The molecule has 0 nitrogen and oxygen atoms in total. The molecule has 0 radical (unpaired) electrons. The summed E-state index contributed by atoms with van der Waals surface area (Å²) in [5, 5.41) is 0. The summed E-state index contributed by atoms with van der Waals surface area (Å²) in [4.78, 5) is 0. The third-order valence-electron chi connectivity index (χ3n) is 7.33. The van der Waals surface area contributed by atoms with Crippen LogP contribution in [0.4, 0.5) is 13.2 Å². The van der Waals surface area contributed by atoms with E-state index in [-0.39, 0.29) is 6.42 Å². The van der Waals surface area contributed by atoms with E-state index >= 15 is 0 Å². The van der Waals surface area contributed by atoms with Crippen LogP contribution < -0.4 is 0 Å². The monoisotopic (exact) mass is 400 g/mol. The van der Waals surface area contributed by atoms with E-state index in [2.05, 4.69) is 13.0 Å². The van der Waals surface area contributed by atoms with Crippen molar-refractivity contribution in [3.05, 3.63) is 12.2 Å². The lowest BCUT2D eigenvalue weighted by Crippen LogP contribution is -2.23. The van der Waals surface area contributed by atoms with Gasteiger partial charge >= 0.3 is 6.18 Å². The molecule has 1 atom stereocenters. The molecule has 0 saturated heterocycles. The Bertz CT molecular complexity index is 412. The van der Waals surface area contributed by atoms with Gasteiger partial charge in [0.25, 0.3) is 0 Å². The Hall–Kier alpha value is -0.470. The molecule has 0 aromatic rings. The number of allylic oxidation sites excluding steroid dienone is 2. The molecule has 0 bridgehead atoms. The van der Waals surface area contributed by atoms with Gasteiger partial charge in [-0.2, -0.15) is 13.2 Å². The quantitative estimate of drug-likeness (QED) is 0.239. The van der Waals surface area contributed by atoms with Crippen molar-refractivity contribution >= 4 is 0 Å². The van der Waals surface area contributed by atoms with Crippen LogP contribution in [0.5, 0.6) is 0 Å². The van der Waals surface area contributed by atoms with Crippen LogP contribution in [-0.2, 0) is 0 Å². The zero-order valence-electron chi connectivity index (χ0n) is 18.1. The van der Waals surface area contributed by atoms with E-state index < -0.39 is 12.1 Å². The first-order valence-electron chi connectivity index (χ1n) is 12.2. The van der Waals surface area contributed by atoms with Gasteiger partial charge in [0.1, 0.15) is 0 Å². The maximum absolute atomic E-state index is 13.3. The van der Waals surface area contributed by atoms with E-state index in [1.54, 1.807) is 0 Å². The molecule has 2 aliphatic carbocycles. The number of halogens is 3. The van der Waals surface area contributed by atoms with Gasteiger partial charge in [-0.3, -0.25) is 0 Å². The van der Waals surface area contributed by atoms with Gasteiger partial charge in [0.15, 0.2) is 0 Å². The maximum Gasteiger partial charge on any atom is 0.392 e. The summed E-state index contributed by atoms with van der Waals surface area (Å²) in [5.74, 6) is 1.20. The SMILES string of the molecule is CCCCCCCCC(CC=CC1CCC(C2CCCCC2)CC1)C(F)(F)F. The van der Waals surface area contributed by atoms with Crippen LogP contribution >= 0.6 is 0 Å². The van der Waals surface area contributed by atoms with Crippen molar-refractivity contribution in [3.63, 3.8) is 0 Å². The summed E-state index contributed by atoms with van der Waals surface area (Å²) < 4.78 is 40.0. The van der Waals surface area contributed by atoms with Crippen LogP contribution in [0.2, 0.25) is 0 Å². The topological polar surface area (TPSA) is 0 Å². The van der Waals surface area contributed by atoms with Gasteiger partial charge in [0.05, 0.1) is 5.92 Å². The molecule has 0 aromatic heterocycles. The Kier molecular flexibility index (Phi) is 11.0. The molecule has 0 aliphatic heterocycles. The smallest absolute Gasteiger partial charge is 0.171 e. The molecule has 0 aromatic carbocycles. The van der Waals surface area contributed by atoms with E-state index in [4.69, 9.17) is 0 Å². The van der Waals surface area contributed by atoms with E-state index in [0.29, 0.717) is 18.8 Å². The maximum atomic E-state index is 13.3. The third kappa shape index (κ3) is 8.91. The summed E-state index contributed by atoms with van der Waals surface area (Å²) in [5.41, 5.74) is 0. The number of rotatable bonds is 11. The van der Waals surface area contributed by atoms with E-state index in [9.17, 15) is 13.2 Å². The molecule has 2 rings (SSSR count). The molecule has 0 amide bonds. The number of hydrogen-bond acceptors (Lipinski definition) is 0. The molecular formula is C25H43F3. The van der Waals surface area contributed by atoms with Crippen molar-refractivity contribution in [1.82, 2.24) is 0 Å². The molecular weight excluding hydrogens is 357 g/mol. The normalized spacial score (nSPS) is 26.0. The fraction of sp³-hybridized carbons (Fsp3) is 0.920. The Balaban J connectivity index is 1.66. The molecule has 3 heteroatoms. The van der Waals surface area contributed by atoms with Crippen molar-refractivity contribution < 1.29 is 13.2 Å². The molecule has 2 saturated carbocycles. The highest BCUT2D eigenvalue weighted by Crippen LogP contribution is 2.40. The number of unbranched alkanes of at least 4 members (excludes halogenated alkanes) is 5. The van der Waals surface area contributed by atoms with Crippen molar-refractivity contribution in [2.24, 2.45) is 23.7 Å². The lowest BCUT2D eigenvalue weighted by Gasteiger charge is -2.35. The zero-order chi connectivity index (χ0) is 20.2. The predicted molar refractivity (Wildman–Crippen MR) is 113 cm³/mol. The second-order valence-electron chi connectivity index (χ2n) is 9.53. The molecule has 2 fully saturated rings. The van der Waals surface area contributed by atoms with Gasteiger partial charge in [0, 0.05) is 0 Å². The van der Waals surface area contributed by atoms with E-state index in [0.717, 1.165) is 31.1 Å². The predicted octanol–water partition coefficient (Wildman–Crippen LogP) is 9.25. The summed E-state index contributed by atoms with van der Waals surface area (Å²) in [7, 11) is 0. The molecule has 2 aliphatic rings. The Labute approximate surface area is 171 Å². The minimum Gasteiger partial charge on any atom is -0.171 e. The fourth-order valence-corrected chi connectivity index (χ4v) is 5.44. The third-order valence-corrected chi connectivity index (χ3v) is 7.33. The van der Waals surface area contributed by atoms with Gasteiger partial charge in [-0.05, 0) is 56.3 Å². The Morgan fingerprint density at radius 3 is 2.04 bits per heavy atom. The zero-order valence-corrected chi connectivity index (χ0v) is 18.1. The molecule has 0 spiro atoms. The summed E-state index contributed by atoms with van der Waals surface area (Å²) in [6, 6.07) is 0. The average molecular weight is 401 g/mol. The van der Waals surface area contributed by atoms with Gasteiger partial charge in [-0.15, -0.1) is 0 Å². The van der Waals surface area contributed by atoms with Crippen molar-refractivity contribution in [2.45, 2.75) is 122 Å². The Morgan fingerprint density at radius 1 is 0.786 bits per heavy atom. The van der Waals surface area contributed by atoms with Crippen LogP contribution in [-0.4, -0.2) is 6.18 Å². The molecule has 0 N–H and O–H groups in total.